The predicted molar refractivity (Wildman–Crippen MR) is 157 cm³/mol. The molecule has 0 saturated heterocycles. The van der Waals surface area contributed by atoms with E-state index < -0.39 is 22.5 Å². The van der Waals surface area contributed by atoms with Crippen LogP contribution < -0.4 is 29.1 Å². The van der Waals surface area contributed by atoms with E-state index in [0.717, 1.165) is 11.3 Å². The highest BCUT2D eigenvalue weighted by molar-refractivity contribution is 7.07. The number of aromatic nitrogens is 1. The predicted octanol–water partition coefficient (Wildman–Crippen LogP) is 3.99. The van der Waals surface area contributed by atoms with Gasteiger partial charge < -0.3 is 23.4 Å². The second kappa shape index (κ2) is 12.0. The van der Waals surface area contributed by atoms with Crippen molar-refractivity contribution in [3.8, 4) is 28.6 Å². The lowest BCUT2D eigenvalue weighted by atomic mass is 9.95. The van der Waals surface area contributed by atoms with Gasteiger partial charge in [0.2, 0.25) is 0 Å². The van der Waals surface area contributed by atoms with Crippen molar-refractivity contribution in [2.75, 3.05) is 27.9 Å². The lowest BCUT2D eigenvalue weighted by Crippen LogP contribution is -2.39. The van der Waals surface area contributed by atoms with Crippen LogP contribution in [0.4, 0.5) is 5.69 Å². The molecule has 0 aliphatic carbocycles. The van der Waals surface area contributed by atoms with Crippen LogP contribution in [0.3, 0.4) is 0 Å². The minimum Gasteiger partial charge on any atom is -0.496 e. The molecule has 1 aliphatic rings. The van der Waals surface area contributed by atoms with Crippen molar-refractivity contribution < 1.29 is 33.1 Å². The number of nitro benzene ring substituents is 1. The van der Waals surface area contributed by atoms with Crippen LogP contribution in [-0.2, 0) is 9.53 Å². The molecule has 0 bridgehead atoms. The van der Waals surface area contributed by atoms with Crippen molar-refractivity contribution in [2.45, 2.75) is 19.9 Å². The zero-order valence-corrected chi connectivity index (χ0v) is 24.7. The Labute approximate surface area is 248 Å². The molecule has 3 heterocycles. The third-order valence-corrected chi connectivity index (χ3v) is 7.78. The number of rotatable bonds is 9. The van der Waals surface area contributed by atoms with Crippen molar-refractivity contribution in [1.29, 1.82) is 0 Å². The molecule has 12 nitrogen and oxygen atoms in total. The van der Waals surface area contributed by atoms with Gasteiger partial charge in [-0.3, -0.25) is 19.5 Å². The molecular formula is C30H27N3O9S. The molecule has 0 fully saturated rings. The van der Waals surface area contributed by atoms with E-state index in [0.29, 0.717) is 54.9 Å². The van der Waals surface area contributed by atoms with Crippen LogP contribution in [0.1, 0.15) is 31.2 Å². The van der Waals surface area contributed by atoms with E-state index in [4.69, 9.17) is 23.4 Å². The molecule has 1 atom stereocenters. The molecule has 1 unspecified atom stereocenters. The highest BCUT2D eigenvalue weighted by Gasteiger charge is 2.34. The van der Waals surface area contributed by atoms with Crippen molar-refractivity contribution in [3.63, 3.8) is 0 Å². The summed E-state index contributed by atoms with van der Waals surface area (Å²) < 4.78 is 29.3. The summed E-state index contributed by atoms with van der Waals surface area (Å²) in [5, 5.41) is 11.3. The SMILES string of the molecule is CCOC(=O)C1=C(C)N=c2s/c(=C\c3ccc(-c4cc([N+](=O)[O-])ccc4OC)o3)c(=O)n2C1c1ccc(OC)c(OC)c1. The Hall–Kier alpha value is -5.17. The van der Waals surface area contributed by atoms with E-state index in [1.807, 2.05) is 0 Å². The van der Waals surface area contributed by atoms with Gasteiger partial charge in [0, 0.05) is 18.2 Å². The number of ether oxygens (including phenoxy) is 4. The van der Waals surface area contributed by atoms with Crippen LogP contribution >= 0.6 is 11.3 Å². The number of thiazole rings is 1. The molecule has 43 heavy (non-hydrogen) atoms. The summed E-state index contributed by atoms with van der Waals surface area (Å²) in [5.74, 6) is 1.38. The van der Waals surface area contributed by atoms with Gasteiger partial charge in [0.1, 0.15) is 17.3 Å². The monoisotopic (exact) mass is 605 g/mol. The van der Waals surface area contributed by atoms with Crippen molar-refractivity contribution >= 4 is 29.1 Å². The number of esters is 1. The molecule has 2 aromatic carbocycles. The van der Waals surface area contributed by atoms with E-state index in [-0.39, 0.29) is 17.9 Å². The number of carbonyl (C=O) groups excluding carboxylic acids is 1. The number of allylic oxidation sites excluding steroid dienone is 1. The van der Waals surface area contributed by atoms with Crippen LogP contribution in [-0.4, -0.2) is 43.4 Å². The number of furan rings is 1. The Morgan fingerprint density at radius 2 is 1.79 bits per heavy atom. The van der Waals surface area contributed by atoms with Crippen LogP contribution in [0.2, 0.25) is 0 Å². The molecule has 0 saturated carbocycles. The first kappa shape index (κ1) is 29.3. The maximum atomic E-state index is 13.9. The molecule has 1 aliphatic heterocycles. The first-order chi connectivity index (χ1) is 20.7. The normalized spacial score (nSPS) is 14.6. The van der Waals surface area contributed by atoms with Crippen LogP contribution in [0.25, 0.3) is 17.4 Å². The minimum absolute atomic E-state index is 0.120. The average Bonchev–Trinajstić information content (AvgIpc) is 3.59. The van der Waals surface area contributed by atoms with Gasteiger partial charge in [-0.25, -0.2) is 9.79 Å². The zero-order valence-electron chi connectivity index (χ0n) is 23.9. The third kappa shape index (κ3) is 5.42. The van der Waals surface area contributed by atoms with Gasteiger partial charge in [-0.15, -0.1) is 0 Å². The summed E-state index contributed by atoms with van der Waals surface area (Å²) in [7, 11) is 4.47. The van der Waals surface area contributed by atoms with Gasteiger partial charge >= 0.3 is 5.97 Å². The number of nitro groups is 1. The molecule has 0 amide bonds. The Morgan fingerprint density at radius 1 is 1.07 bits per heavy atom. The van der Waals surface area contributed by atoms with Crippen LogP contribution in [0.5, 0.6) is 17.2 Å². The average molecular weight is 606 g/mol. The Balaban J connectivity index is 1.65. The number of non-ortho nitro benzene ring substituents is 1. The fourth-order valence-corrected chi connectivity index (χ4v) is 5.86. The van der Waals surface area contributed by atoms with Crippen LogP contribution in [0.15, 0.2) is 74.0 Å². The quantitative estimate of drug-likeness (QED) is 0.157. The van der Waals surface area contributed by atoms with Gasteiger partial charge in [0.05, 0.1) is 60.3 Å². The van der Waals surface area contributed by atoms with E-state index in [1.54, 1.807) is 50.3 Å². The number of carbonyl (C=O) groups is 1. The topological polar surface area (TPSA) is 145 Å². The summed E-state index contributed by atoms with van der Waals surface area (Å²) >= 11 is 1.13. The largest absolute Gasteiger partial charge is 0.496 e. The number of methoxy groups -OCH3 is 3. The highest BCUT2D eigenvalue weighted by atomic mass is 32.1. The van der Waals surface area contributed by atoms with E-state index in [9.17, 15) is 19.7 Å². The van der Waals surface area contributed by atoms with Gasteiger partial charge in [0.25, 0.3) is 11.2 Å². The van der Waals surface area contributed by atoms with Crippen molar-refractivity contribution in [1.82, 2.24) is 4.57 Å². The molecule has 2 aromatic heterocycles. The van der Waals surface area contributed by atoms with E-state index >= 15 is 0 Å². The first-order valence-corrected chi connectivity index (χ1v) is 13.9. The van der Waals surface area contributed by atoms with E-state index in [1.165, 1.54) is 44.1 Å². The lowest BCUT2D eigenvalue weighted by Gasteiger charge is -2.25. The second-order valence-electron chi connectivity index (χ2n) is 9.26. The number of hydrogen-bond donors (Lipinski definition) is 0. The summed E-state index contributed by atoms with van der Waals surface area (Å²) in [4.78, 5) is 42.9. The van der Waals surface area contributed by atoms with Crippen molar-refractivity contribution in [3.05, 3.63) is 101 Å². The third-order valence-electron chi connectivity index (χ3n) is 6.80. The maximum absolute atomic E-state index is 13.9. The molecular weight excluding hydrogens is 578 g/mol. The number of benzene rings is 2. The van der Waals surface area contributed by atoms with Crippen LogP contribution in [0, 0.1) is 10.1 Å². The van der Waals surface area contributed by atoms with Gasteiger partial charge in [-0.05, 0) is 49.7 Å². The minimum atomic E-state index is -0.849. The van der Waals surface area contributed by atoms with Crippen molar-refractivity contribution in [2.24, 2.45) is 4.99 Å². The first-order valence-electron chi connectivity index (χ1n) is 13.0. The standard InChI is InChI=1S/C30H27N3O9S/c1-6-41-29(35)26-16(2)31-30-32(27(26)17-7-10-23(39-4)24(13-17)40-5)28(34)25(43-30)15-19-9-12-22(42-19)20-14-18(33(36)37)8-11-21(20)38-3/h7-15,27H,6H2,1-5H3/b25-15-. The fourth-order valence-electron chi connectivity index (χ4n) is 4.84. The second-order valence-corrected chi connectivity index (χ2v) is 10.3. The van der Waals surface area contributed by atoms with E-state index in [2.05, 4.69) is 4.99 Å². The summed E-state index contributed by atoms with van der Waals surface area (Å²) in [5.41, 5.74) is 1.12. The molecule has 0 radical (unpaired) electrons. The lowest BCUT2D eigenvalue weighted by molar-refractivity contribution is -0.384. The molecule has 0 N–H and O–H groups in total. The Kier molecular flexibility index (Phi) is 8.17. The number of nitrogens with zero attached hydrogens (tertiary/aromatic N) is 3. The number of fused-ring (bicyclic) bond motifs is 1. The smallest absolute Gasteiger partial charge is 0.338 e. The summed E-state index contributed by atoms with van der Waals surface area (Å²) in [6.45, 7) is 3.55. The molecule has 13 heteroatoms. The molecule has 4 aromatic rings. The zero-order chi connectivity index (χ0) is 30.8. The maximum Gasteiger partial charge on any atom is 0.338 e. The Morgan fingerprint density at radius 3 is 2.47 bits per heavy atom. The Bertz CT molecular complexity index is 1950. The highest BCUT2D eigenvalue weighted by Crippen LogP contribution is 2.37. The van der Waals surface area contributed by atoms with Gasteiger partial charge in [-0.1, -0.05) is 17.4 Å². The van der Waals surface area contributed by atoms with Gasteiger partial charge in [0.15, 0.2) is 16.3 Å². The summed E-state index contributed by atoms with van der Waals surface area (Å²) in [6, 6.07) is 11.8. The molecule has 5 rings (SSSR count). The molecule has 0 spiro atoms. The number of hydrogen-bond acceptors (Lipinski definition) is 11. The fraction of sp³-hybridized carbons (Fsp3) is 0.233. The van der Waals surface area contributed by atoms with Gasteiger partial charge in [-0.2, -0.15) is 0 Å². The summed E-state index contributed by atoms with van der Waals surface area (Å²) in [6.07, 6.45) is 1.56. The molecule has 222 valence electrons.